The Kier molecular flexibility index (Phi) is 9.08. The Morgan fingerprint density at radius 1 is 0.821 bits per heavy atom. The van der Waals surface area contributed by atoms with Crippen LogP contribution in [0, 0.1) is 5.82 Å². The van der Waals surface area contributed by atoms with Gasteiger partial charge >= 0.3 is 11.9 Å². The average Bonchev–Trinajstić information content (AvgIpc) is 2.82. The average molecular weight is 535 g/mol. The molecule has 3 rings (SSSR count). The van der Waals surface area contributed by atoms with E-state index in [0.29, 0.717) is 22.7 Å². The molecule has 1 aromatic heterocycles. The molecule has 0 bridgehead atoms. The van der Waals surface area contributed by atoms with Crippen molar-refractivity contribution in [3.8, 4) is 0 Å². The highest BCUT2D eigenvalue weighted by molar-refractivity contribution is 6.24. The first-order valence-corrected chi connectivity index (χ1v) is 12.1. The molecule has 0 unspecified atom stereocenters. The number of halogens is 1. The van der Waals surface area contributed by atoms with Crippen molar-refractivity contribution in [3.63, 3.8) is 0 Å². The summed E-state index contributed by atoms with van der Waals surface area (Å²) in [5.74, 6) is -1.74. The van der Waals surface area contributed by atoms with Gasteiger partial charge in [-0.25, -0.2) is 28.9 Å². The van der Waals surface area contributed by atoms with E-state index in [1.165, 1.54) is 0 Å². The van der Waals surface area contributed by atoms with E-state index < -0.39 is 29.0 Å². The van der Waals surface area contributed by atoms with Gasteiger partial charge in [0.2, 0.25) is 5.95 Å². The predicted octanol–water partition coefficient (Wildman–Crippen LogP) is 6.19. The number of carbonyl (C=O) groups excluding carboxylic acids is 2. The van der Waals surface area contributed by atoms with Gasteiger partial charge in [0.1, 0.15) is 23.6 Å². The Morgan fingerprint density at radius 3 is 1.79 bits per heavy atom. The smallest absolute Gasteiger partial charge is 0.349 e. The lowest BCUT2D eigenvalue weighted by Gasteiger charge is -2.17. The molecule has 0 spiro atoms. The first kappa shape index (κ1) is 28.9. The molecule has 11 heteroatoms. The van der Waals surface area contributed by atoms with Crippen molar-refractivity contribution in [1.29, 1.82) is 0 Å². The van der Waals surface area contributed by atoms with Crippen LogP contribution >= 0.6 is 0 Å². The van der Waals surface area contributed by atoms with E-state index in [2.05, 4.69) is 30.6 Å². The van der Waals surface area contributed by atoms with Gasteiger partial charge in [-0.1, -0.05) is 12.1 Å². The molecule has 2 N–H and O–H groups in total. The Bertz CT molecular complexity index is 1390. The minimum absolute atomic E-state index is 0.0696. The summed E-state index contributed by atoms with van der Waals surface area (Å²) >= 11 is 0. The number of aromatic nitrogens is 2. The summed E-state index contributed by atoms with van der Waals surface area (Å²) < 4.78 is 24.9. The van der Waals surface area contributed by atoms with Gasteiger partial charge in [-0.2, -0.15) is 4.98 Å². The molecule has 0 atom stereocenters. The Hall–Kier alpha value is -4.67. The maximum Gasteiger partial charge on any atom is 0.349 e. The highest BCUT2D eigenvalue weighted by Crippen LogP contribution is 2.25. The fourth-order valence-electron chi connectivity index (χ4n) is 3.02. The lowest BCUT2D eigenvalue weighted by atomic mass is 10.2. The van der Waals surface area contributed by atoms with Crippen LogP contribution in [0.5, 0.6) is 0 Å². The number of anilines is 4. The number of hydrogen-bond acceptors (Lipinski definition) is 10. The molecule has 0 fully saturated rings. The van der Waals surface area contributed by atoms with Gasteiger partial charge in [0.05, 0.1) is 17.6 Å². The van der Waals surface area contributed by atoms with Crippen molar-refractivity contribution in [2.45, 2.75) is 52.7 Å². The van der Waals surface area contributed by atoms with Gasteiger partial charge < -0.3 is 20.1 Å². The van der Waals surface area contributed by atoms with Gasteiger partial charge in [0.25, 0.3) is 0 Å². The summed E-state index contributed by atoms with van der Waals surface area (Å²) in [5, 5.41) is 5.89. The SMILES string of the molecule is CC(C)(C)OC(=O)C=Nc1cccc(Nc2ncc(F)c(Nc3cccc(N=CC(=O)OC(C)(C)C)c3)n2)c1. The molecule has 0 aliphatic heterocycles. The summed E-state index contributed by atoms with van der Waals surface area (Å²) in [4.78, 5) is 40.2. The largest absolute Gasteiger partial charge is 0.456 e. The third-order valence-electron chi connectivity index (χ3n) is 4.41. The summed E-state index contributed by atoms with van der Waals surface area (Å²) in [6, 6.07) is 13.6. The van der Waals surface area contributed by atoms with E-state index in [1.54, 1.807) is 90.1 Å². The van der Waals surface area contributed by atoms with Crippen LogP contribution in [0.1, 0.15) is 41.5 Å². The topological polar surface area (TPSA) is 127 Å². The molecule has 0 aliphatic carbocycles. The molecule has 0 aliphatic rings. The molecule has 3 aromatic rings. The third-order valence-corrected chi connectivity index (χ3v) is 4.41. The van der Waals surface area contributed by atoms with Crippen molar-refractivity contribution in [3.05, 3.63) is 60.5 Å². The normalized spacial score (nSPS) is 12.0. The number of rotatable bonds is 8. The Balaban J connectivity index is 1.70. The van der Waals surface area contributed by atoms with Gasteiger partial charge in [0, 0.05) is 11.4 Å². The van der Waals surface area contributed by atoms with Crippen LogP contribution in [0.2, 0.25) is 0 Å². The van der Waals surface area contributed by atoms with Gasteiger partial charge in [-0.15, -0.1) is 0 Å². The molecule has 0 radical (unpaired) electrons. The first-order valence-electron chi connectivity index (χ1n) is 12.1. The molecular formula is C28H31FN6O4. The molecule has 1 heterocycles. The van der Waals surface area contributed by atoms with Crippen molar-refractivity contribution in [2.75, 3.05) is 10.6 Å². The predicted molar refractivity (Wildman–Crippen MR) is 149 cm³/mol. The second-order valence-electron chi connectivity index (χ2n) is 10.3. The second-order valence-corrected chi connectivity index (χ2v) is 10.3. The van der Waals surface area contributed by atoms with Crippen LogP contribution in [-0.2, 0) is 19.1 Å². The number of nitrogens with zero attached hydrogens (tertiary/aromatic N) is 4. The van der Waals surface area contributed by atoms with Crippen molar-refractivity contribution >= 4 is 58.9 Å². The van der Waals surface area contributed by atoms with Gasteiger partial charge in [-0.3, -0.25) is 0 Å². The molecule has 2 aromatic carbocycles. The maximum atomic E-state index is 14.5. The van der Waals surface area contributed by atoms with Crippen molar-refractivity contribution in [1.82, 2.24) is 9.97 Å². The fourth-order valence-corrected chi connectivity index (χ4v) is 3.02. The molecule has 0 amide bonds. The van der Waals surface area contributed by atoms with Crippen LogP contribution in [-0.4, -0.2) is 45.5 Å². The van der Waals surface area contributed by atoms with E-state index in [0.717, 1.165) is 18.6 Å². The number of esters is 2. The molecule has 0 saturated heterocycles. The third kappa shape index (κ3) is 10.3. The number of hydrogen-bond donors (Lipinski definition) is 2. The summed E-state index contributed by atoms with van der Waals surface area (Å²) in [5.41, 5.74) is 0.780. The minimum Gasteiger partial charge on any atom is -0.456 e. The highest BCUT2D eigenvalue weighted by Gasteiger charge is 2.15. The zero-order valence-electron chi connectivity index (χ0n) is 22.7. The first-order chi connectivity index (χ1) is 18.3. The lowest BCUT2D eigenvalue weighted by molar-refractivity contribution is -0.146. The minimum atomic E-state index is -0.668. The summed E-state index contributed by atoms with van der Waals surface area (Å²) in [6.07, 6.45) is 3.22. The van der Waals surface area contributed by atoms with Crippen molar-refractivity contribution < 1.29 is 23.5 Å². The monoisotopic (exact) mass is 534 g/mol. The zero-order chi connectivity index (χ0) is 28.6. The fraction of sp³-hybridized carbons (Fsp3) is 0.286. The van der Waals surface area contributed by atoms with Crippen LogP contribution in [0.4, 0.5) is 38.9 Å². The second kappa shape index (κ2) is 12.2. The lowest BCUT2D eigenvalue weighted by Crippen LogP contribution is -2.24. The summed E-state index contributed by atoms with van der Waals surface area (Å²) in [6.45, 7) is 10.6. The van der Waals surface area contributed by atoms with E-state index in [9.17, 15) is 14.0 Å². The van der Waals surface area contributed by atoms with Crippen LogP contribution in [0.3, 0.4) is 0 Å². The molecular weight excluding hydrogens is 503 g/mol. The number of aliphatic imine (C=N–C) groups is 2. The molecule has 39 heavy (non-hydrogen) atoms. The van der Waals surface area contributed by atoms with Crippen molar-refractivity contribution in [2.24, 2.45) is 9.98 Å². The molecule has 10 nitrogen and oxygen atoms in total. The maximum absolute atomic E-state index is 14.5. The zero-order valence-corrected chi connectivity index (χ0v) is 22.7. The standard InChI is InChI=1S/C28H31FN6O4/c1-27(2,3)38-23(36)16-30-18-9-7-11-20(13-18)33-25-22(29)15-32-26(35-25)34-21-12-8-10-19(14-21)31-17-24(37)39-28(4,5)6/h7-17H,1-6H3,(H2,32,33,34,35). The summed E-state index contributed by atoms with van der Waals surface area (Å²) in [7, 11) is 0. The Morgan fingerprint density at radius 2 is 1.31 bits per heavy atom. The molecule has 0 saturated carbocycles. The number of carbonyl (C=O) groups is 2. The highest BCUT2D eigenvalue weighted by atomic mass is 19.1. The number of benzene rings is 2. The molecule has 204 valence electrons. The van der Waals surface area contributed by atoms with E-state index in [1.807, 2.05) is 0 Å². The van der Waals surface area contributed by atoms with E-state index in [-0.39, 0.29) is 11.8 Å². The Labute approximate surface area is 226 Å². The van der Waals surface area contributed by atoms with Crippen LogP contribution in [0.15, 0.2) is 64.7 Å². The quantitative estimate of drug-likeness (QED) is 0.259. The number of nitrogens with one attached hydrogen (secondary N) is 2. The van der Waals surface area contributed by atoms with Crippen LogP contribution in [0.25, 0.3) is 0 Å². The number of ether oxygens (including phenoxy) is 2. The van der Waals surface area contributed by atoms with Gasteiger partial charge in [-0.05, 0) is 77.9 Å². The van der Waals surface area contributed by atoms with E-state index >= 15 is 0 Å². The van der Waals surface area contributed by atoms with E-state index in [4.69, 9.17) is 9.47 Å². The van der Waals surface area contributed by atoms with Gasteiger partial charge in [0.15, 0.2) is 11.6 Å². The van der Waals surface area contributed by atoms with Crippen LogP contribution < -0.4 is 10.6 Å².